The molecular weight excluding hydrogens is 1540 g/mol. The summed E-state index contributed by atoms with van der Waals surface area (Å²) in [4.78, 5) is 0. The van der Waals surface area contributed by atoms with E-state index in [1.165, 1.54) is 203 Å². The van der Waals surface area contributed by atoms with E-state index in [0.717, 1.165) is 57.1 Å². The summed E-state index contributed by atoms with van der Waals surface area (Å²) in [5.41, 5.74) is 39.0. The number of rotatable bonds is 3. The van der Waals surface area contributed by atoms with Crippen molar-refractivity contribution in [2.75, 3.05) is 0 Å². The Morgan fingerprint density at radius 3 is 1.13 bits per heavy atom. The van der Waals surface area contributed by atoms with Gasteiger partial charge in [-0.15, -0.1) is 0 Å². The molecule has 0 fully saturated rings. The first-order valence-corrected chi connectivity index (χ1v) is 44.0. The van der Waals surface area contributed by atoms with Crippen LogP contribution in [0.2, 0.25) is 0 Å². The van der Waals surface area contributed by atoms with Gasteiger partial charge in [-0.2, -0.15) is 0 Å². The number of ether oxygens (including phenoxy) is 4. The van der Waals surface area contributed by atoms with Crippen LogP contribution in [0.5, 0.6) is 46.0 Å². The lowest BCUT2D eigenvalue weighted by molar-refractivity contribution is 0.487. The van der Waals surface area contributed by atoms with E-state index in [9.17, 15) is 0 Å². The lowest BCUT2D eigenvalue weighted by Gasteiger charge is -2.34. The zero-order chi connectivity index (χ0) is 83.0. The highest BCUT2D eigenvalue weighted by Gasteiger charge is 2.47. The molecule has 0 atom stereocenters. The lowest BCUT2D eigenvalue weighted by Crippen LogP contribution is -2.58. The molecule has 0 bridgehead atoms. The fraction of sp³-hybridized carbons (Fsp3) is 0.00870. The molecule has 12 heterocycles. The van der Waals surface area contributed by atoms with Gasteiger partial charge >= 0.3 is 0 Å². The molecule has 586 valence electrons. The molecule has 0 amide bonds. The molecule has 4 aromatic heterocycles. The van der Waals surface area contributed by atoms with Crippen LogP contribution in [-0.4, -0.2) is 45.1 Å². The second-order valence-corrected chi connectivity index (χ2v) is 34.5. The van der Waals surface area contributed by atoms with Gasteiger partial charge in [0.1, 0.15) is 46.0 Å². The Hall–Kier alpha value is -16.2. The van der Waals surface area contributed by atoms with Gasteiger partial charge in [0.2, 0.25) is 0 Å². The normalized spacial score (nSPS) is 13.1. The maximum Gasteiger partial charge on any atom is 0.256 e. The minimum atomic E-state index is 0.143. The standard InChI is InChI=1S/3C30H18BNO.C25H16BNO/c1-2-10-19(11-3-1)21-18-22-20-12-4-7-15-25(20)32-26-16-8-5-13-23(26)31-24-14-6-9-17-27(24)33-30(21)28(31)29(22)32;1-2-10-19(11-3-1)21-18-27-29-30-28(21)20-12-4-7-15-24(20)32(30)25-16-8-5-13-22(25)31(29)23-14-6-9-17-26(23)33-27;1-2-9-19(10-3-1)20-12-8-14-24-30(20)33-27-18-17-22-21-11-4-6-15-25(21)32-26-16-7-5-13-23(26)31(24)28(27)29(22)32;1-15-7-6-11-20-23(15)16-13-14-22-24-25(16)27(20)19-10-4-2-8-17(19)26(24)18-9-3-5-12-21(18)28-22/h3*1-18H;2-14H,1H3. The van der Waals surface area contributed by atoms with Gasteiger partial charge < -0.3 is 37.2 Å². The van der Waals surface area contributed by atoms with Crippen molar-refractivity contribution in [1.82, 2.24) is 18.3 Å². The van der Waals surface area contributed by atoms with Crippen molar-refractivity contribution in [3.05, 3.63) is 412 Å². The first-order valence-electron chi connectivity index (χ1n) is 44.0. The van der Waals surface area contributed by atoms with Crippen molar-refractivity contribution < 1.29 is 18.9 Å². The summed E-state index contributed by atoms with van der Waals surface area (Å²) in [6.45, 7) is 2.86. The molecule has 19 aromatic carbocycles. The molecule has 0 saturated heterocycles. The van der Waals surface area contributed by atoms with E-state index < -0.39 is 0 Å². The molecule has 0 unspecified atom stereocenters. The molecule has 0 saturated carbocycles. The average molecular weight is 1620 g/mol. The van der Waals surface area contributed by atoms with Crippen LogP contribution in [-0.2, 0) is 0 Å². The predicted molar refractivity (Wildman–Crippen MR) is 529 cm³/mol. The number of benzene rings is 19. The van der Waals surface area contributed by atoms with Gasteiger partial charge in [-0.05, 0) is 203 Å². The molecule has 12 heteroatoms. The SMILES string of the molecule is Cc1cccc2c1c1ccc3c4c1n2-c1ccccc1B4c1ccccc1O3.c1ccc(-c2cc3c4c5c2c2ccccc2n5-c2ccccc2B4c2ccccc2O3)cc1.c1ccc(-c2cc3c4ccccc4n4c3c3c2Oc2ccccc2B3c2ccccc2-4)cc1.c1ccc(-c2cccc3c2Oc2ccc4c5ccccc5n5c4c2B3c2ccccc2-5)cc1. The zero-order valence-electron chi connectivity index (χ0n) is 68.9. The molecule has 0 spiro atoms. The maximum atomic E-state index is 6.73. The second-order valence-electron chi connectivity index (χ2n) is 34.5. The fourth-order valence-corrected chi connectivity index (χ4v) is 23.2. The number of fused-ring (bicyclic) bond motifs is 32. The summed E-state index contributed by atoms with van der Waals surface area (Å²) in [5.74, 6) is 7.72. The van der Waals surface area contributed by atoms with Crippen molar-refractivity contribution >= 4 is 180 Å². The summed E-state index contributed by atoms with van der Waals surface area (Å²) in [6.07, 6.45) is 0. The smallest absolute Gasteiger partial charge is 0.256 e. The Labute approximate surface area is 732 Å². The summed E-state index contributed by atoms with van der Waals surface area (Å²) in [6, 6.07) is 146. The molecule has 8 nitrogen and oxygen atoms in total. The van der Waals surface area contributed by atoms with Crippen LogP contribution in [0.1, 0.15) is 5.56 Å². The van der Waals surface area contributed by atoms with Crippen LogP contribution >= 0.6 is 0 Å². The third-order valence-corrected chi connectivity index (χ3v) is 28.2. The van der Waals surface area contributed by atoms with E-state index in [2.05, 4.69) is 432 Å². The lowest BCUT2D eigenvalue weighted by atomic mass is 9.34. The Balaban J connectivity index is 0.0000000860. The van der Waals surface area contributed by atoms with Crippen molar-refractivity contribution in [1.29, 1.82) is 0 Å². The zero-order valence-corrected chi connectivity index (χ0v) is 68.9. The van der Waals surface area contributed by atoms with Gasteiger partial charge in [0.25, 0.3) is 26.9 Å². The molecule has 0 aliphatic carbocycles. The van der Waals surface area contributed by atoms with Crippen molar-refractivity contribution in [2.45, 2.75) is 6.92 Å². The van der Waals surface area contributed by atoms with Crippen LogP contribution in [0.4, 0.5) is 0 Å². The molecule has 31 rings (SSSR count). The number of hydrogen-bond donors (Lipinski definition) is 0. The van der Waals surface area contributed by atoms with Crippen molar-refractivity contribution in [3.63, 3.8) is 0 Å². The Morgan fingerprint density at radius 2 is 0.559 bits per heavy atom. The van der Waals surface area contributed by atoms with Gasteiger partial charge in [-0.1, -0.05) is 303 Å². The third-order valence-electron chi connectivity index (χ3n) is 28.2. The largest absolute Gasteiger partial charge is 0.458 e. The van der Waals surface area contributed by atoms with Gasteiger partial charge in [0.15, 0.2) is 0 Å². The highest BCUT2D eigenvalue weighted by Crippen LogP contribution is 2.49. The van der Waals surface area contributed by atoms with Crippen LogP contribution in [0.25, 0.3) is 143 Å². The second kappa shape index (κ2) is 26.9. The highest BCUT2D eigenvalue weighted by molar-refractivity contribution is 7.01. The Bertz CT molecular complexity index is 8720. The van der Waals surface area contributed by atoms with E-state index in [0.29, 0.717) is 0 Å². The summed E-state index contributed by atoms with van der Waals surface area (Å²) in [7, 11) is 0. The Kier molecular flexibility index (Phi) is 14.9. The molecule has 0 N–H and O–H groups in total. The van der Waals surface area contributed by atoms with Crippen LogP contribution in [0.15, 0.2) is 406 Å². The van der Waals surface area contributed by atoms with Crippen molar-refractivity contribution in [3.8, 4) is 102 Å². The average Bonchev–Trinajstić information content (AvgIpc) is 1.61. The van der Waals surface area contributed by atoms with E-state index in [1.807, 2.05) is 0 Å². The number of hydrogen-bond acceptors (Lipinski definition) is 4. The molecular formula is C115H70B4N4O4. The number of aryl methyl sites for hydroxylation is 1. The highest BCUT2D eigenvalue weighted by atomic mass is 16.5. The molecule has 0 radical (unpaired) electrons. The van der Waals surface area contributed by atoms with Crippen LogP contribution in [0.3, 0.4) is 0 Å². The molecule has 8 aliphatic heterocycles. The van der Waals surface area contributed by atoms with Crippen LogP contribution in [0, 0.1) is 6.92 Å². The van der Waals surface area contributed by atoms with Gasteiger partial charge in [-0.25, -0.2) is 0 Å². The number of para-hydroxylation sites is 11. The number of aromatic nitrogens is 4. The topological polar surface area (TPSA) is 56.6 Å². The first kappa shape index (κ1) is 70.4. The minimum Gasteiger partial charge on any atom is -0.458 e. The van der Waals surface area contributed by atoms with E-state index in [1.54, 1.807) is 0 Å². The van der Waals surface area contributed by atoms with Gasteiger partial charge in [0, 0.05) is 77.0 Å². The quantitative estimate of drug-likeness (QED) is 0.165. The Morgan fingerprint density at radius 1 is 0.197 bits per heavy atom. The fourth-order valence-electron chi connectivity index (χ4n) is 23.2. The summed E-state index contributed by atoms with van der Waals surface area (Å²) < 4.78 is 36.2. The summed E-state index contributed by atoms with van der Waals surface area (Å²) in [5, 5.41) is 10.4. The molecule has 23 aromatic rings. The van der Waals surface area contributed by atoms with E-state index in [-0.39, 0.29) is 26.9 Å². The van der Waals surface area contributed by atoms with E-state index >= 15 is 0 Å². The van der Waals surface area contributed by atoms with Gasteiger partial charge in [0.05, 0.1) is 44.1 Å². The van der Waals surface area contributed by atoms with Crippen molar-refractivity contribution in [2.24, 2.45) is 0 Å². The van der Waals surface area contributed by atoms with Crippen LogP contribution < -0.4 is 84.5 Å². The maximum absolute atomic E-state index is 6.73. The number of nitrogens with zero attached hydrogens (tertiary/aromatic N) is 4. The van der Waals surface area contributed by atoms with Gasteiger partial charge in [-0.3, -0.25) is 0 Å². The monoisotopic (exact) mass is 1610 g/mol. The predicted octanol–water partition coefficient (Wildman–Crippen LogP) is 20.2. The first-order chi connectivity index (χ1) is 63.0. The summed E-state index contributed by atoms with van der Waals surface area (Å²) >= 11 is 0. The third kappa shape index (κ3) is 9.87. The van der Waals surface area contributed by atoms with E-state index in [4.69, 9.17) is 18.9 Å². The minimum absolute atomic E-state index is 0.143. The molecule has 8 aliphatic rings. The molecule has 127 heavy (non-hydrogen) atoms.